The molecule has 7 heteroatoms. The number of anilines is 1. The quantitative estimate of drug-likeness (QED) is 0.564. The molecule has 0 bridgehead atoms. The van der Waals surface area contributed by atoms with Gasteiger partial charge in [0.25, 0.3) is 0 Å². The summed E-state index contributed by atoms with van der Waals surface area (Å²) in [7, 11) is 0. The minimum Gasteiger partial charge on any atom is -0.472 e. The van der Waals surface area contributed by atoms with E-state index in [4.69, 9.17) is 9.40 Å². The topological polar surface area (TPSA) is 89.0 Å². The molecule has 0 saturated heterocycles. The number of pyridine rings is 2. The highest BCUT2D eigenvalue weighted by Gasteiger charge is 2.19. The van der Waals surface area contributed by atoms with Crippen LogP contribution >= 0.6 is 0 Å². The number of aliphatic hydroxyl groups excluding tert-OH is 1. The molecule has 0 atom stereocenters. The summed E-state index contributed by atoms with van der Waals surface area (Å²) >= 11 is 0. The van der Waals surface area contributed by atoms with Crippen LogP contribution in [0.3, 0.4) is 0 Å². The molecule has 2 N–H and O–H groups in total. The Morgan fingerprint density at radius 1 is 1.07 bits per heavy atom. The summed E-state index contributed by atoms with van der Waals surface area (Å²) in [4.78, 5) is 13.7. The molecule has 0 aromatic carbocycles. The van der Waals surface area contributed by atoms with Crippen LogP contribution in [0.5, 0.6) is 0 Å². The number of aromatic nitrogens is 4. The van der Waals surface area contributed by atoms with Crippen molar-refractivity contribution in [2.45, 2.75) is 37.8 Å². The zero-order chi connectivity index (χ0) is 18.9. The Balaban J connectivity index is 1.46. The van der Waals surface area contributed by atoms with E-state index in [0.29, 0.717) is 6.04 Å². The minimum absolute atomic E-state index is 0.161. The second-order valence-electron chi connectivity index (χ2n) is 7.21. The van der Waals surface area contributed by atoms with Crippen LogP contribution in [0.2, 0.25) is 0 Å². The fraction of sp³-hybridized carbons (Fsp3) is 0.286. The van der Waals surface area contributed by atoms with Gasteiger partial charge in [-0.15, -0.1) is 0 Å². The average Bonchev–Trinajstić information content (AvgIpc) is 3.40. The van der Waals surface area contributed by atoms with Gasteiger partial charge in [-0.1, -0.05) is 0 Å². The van der Waals surface area contributed by atoms with Gasteiger partial charge in [-0.3, -0.25) is 9.55 Å². The molecule has 142 valence electrons. The lowest BCUT2D eigenvalue weighted by Crippen LogP contribution is -2.28. The Morgan fingerprint density at radius 2 is 1.96 bits per heavy atom. The fourth-order valence-corrected chi connectivity index (χ4v) is 3.73. The molecule has 5 rings (SSSR count). The molecule has 1 aliphatic carbocycles. The van der Waals surface area contributed by atoms with Crippen molar-refractivity contribution in [3.05, 3.63) is 55.4 Å². The maximum atomic E-state index is 9.69. The average molecular weight is 375 g/mol. The number of imidazole rings is 1. The van der Waals surface area contributed by atoms with Crippen LogP contribution in [-0.2, 0) is 0 Å². The standard InChI is InChI=1S/C21H21N5O2/c27-17-3-1-15(2-4-17)24-20-6-5-18-21(25-20)26(13-23-18)16-7-9-22-19(11-16)14-8-10-28-12-14/h5-13,15,17,27H,1-4H2,(H,24,25). The lowest BCUT2D eigenvalue weighted by molar-refractivity contribution is 0.126. The molecule has 28 heavy (non-hydrogen) atoms. The Hall–Kier alpha value is -3.19. The van der Waals surface area contributed by atoms with Crippen LogP contribution in [0.25, 0.3) is 28.1 Å². The van der Waals surface area contributed by atoms with E-state index in [1.807, 2.05) is 34.9 Å². The molecule has 0 aliphatic heterocycles. The van der Waals surface area contributed by atoms with E-state index in [1.165, 1.54) is 0 Å². The Morgan fingerprint density at radius 3 is 2.79 bits per heavy atom. The van der Waals surface area contributed by atoms with Gasteiger partial charge in [-0.25, -0.2) is 9.97 Å². The highest BCUT2D eigenvalue weighted by molar-refractivity contribution is 5.75. The first kappa shape index (κ1) is 16.9. The summed E-state index contributed by atoms with van der Waals surface area (Å²) in [6.07, 6.45) is 10.3. The predicted octanol–water partition coefficient (Wildman–Crippen LogP) is 3.79. The summed E-state index contributed by atoms with van der Waals surface area (Å²) in [5, 5.41) is 13.2. The third-order valence-corrected chi connectivity index (χ3v) is 5.28. The third kappa shape index (κ3) is 3.25. The molecular formula is C21H21N5O2. The zero-order valence-corrected chi connectivity index (χ0v) is 15.3. The van der Waals surface area contributed by atoms with Crippen LogP contribution in [0.15, 0.2) is 59.8 Å². The predicted molar refractivity (Wildman–Crippen MR) is 106 cm³/mol. The van der Waals surface area contributed by atoms with Crippen molar-refractivity contribution in [2.24, 2.45) is 0 Å². The SMILES string of the molecule is OC1CCC(Nc2ccc3ncn(-c4ccnc(-c5ccoc5)c4)c3n2)CC1. The number of aliphatic hydroxyl groups is 1. The summed E-state index contributed by atoms with van der Waals surface area (Å²) in [5.41, 5.74) is 4.35. The number of fused-ring (bicyclic) bond motifs is 1. The van der Waals surface area contributed by atoms with Gasteiger partial charge in [-0.2, -0.15) is 0 Å². The molecule has 1 saturated carbocycles. The molecule has 0 amide bonds. The van der Waals surface area contributed by atoms with Crippen molar-refractivity contribution in [1.29, 1.82) is 0 Å². The van der Waals surface area contributed by atoms with Gasteiger partial charge in [-0.05, 0) is 56.0 Å². The van der Waals surface area contributed by atoms with Crippen LogP contribution in [-0.4, -0.2) is 36.8 Å². The molecule has 0 unspecified atom stereocenters. The number of nitrogens with zero attached hydrogens (tertiary/aromatic N) is 4. The van der Waals surface area contributed by atoms with Gasteiger partial charge in [0.15, 0.2) is 5.65 Å². The second kappa shape index (κ2) is 7.09. The van der Waals surface area contributed by atoms with E-state index < -0.39 is 0 Å². The number of hydrogen-bond acceptors (Lipinski definition) is 6. The summed E-state index contributed by atoms with van der Waals surface area (Å²) < 4.78 is 7.14. The van der Waals surface area contributed by atoms with E-state index >= 15 is 0 Å². The van der Waals surface area contributed by atoms with E-state index in [1.54, 1.807) is 25.1 Å². The minimum atomic E-state index is -0.161. The van der Waals surface area contributed by atoms with Gasteiger partial charge in [0.05, 0.1) is 30.0 Å². The highest BCUT2D eigenvalue weighted by Crippen LogP contribution is 2.25. The Kier molecular flexibility index (Phi) is 4.29. The number of nitrogens with one attached hydrogen (secondary N) is 1. The Labute approximate surface area is 162 Å². The van der Waals surface area contributed by atoms with Crippen LogP contribution in [0.1, 0.15) is 25.7 Å². The first-order valence-electron chi connectivity index (χ1n) is 9.54. The molecule has 1 aliphatic rings. The largest absolute Gasteiger partial charge is 0.472 e. The summed E-state index contributed by atoms with van der Waals surface area (Å²) in [6, 6.07) is 10.1. The van der Waals surface area contributed by atoms with Crippen LogP contribution in [0, 0.1) is 0 Å². The van der Waals surface area contributed by atoms with Crippen molar-refractivity contribution in [3.8, 4) is 16.9 Å². The maximum absolute atomic E-state index is 9.69. The smallest absolute Gasteiger partial charge is 0.166 e. The molecule has 0 spiro atoms. The van der Waals surface area contributed by atoms with Crippen molar-refractivity contribution in [1.82, 2.24) is 19.5 Å². The van der Waals surface area contributed by atoms with Crippen molar-refractivity contribution in [2.75, 3.05) is 5.32 Å². The maximum Gasteiger partial charge on any atom is 0.166 e. The van der Waals surface area contributed by atoms with E-state index in [9.17, 15) is 5.11 Å². The highest BCUT2D eigenvalue weighted by atomic mass is 16.3. The van der Waals surface area contributed by atoms with Gasteiger partial charge >= 0.3 is 0 Å². The number of hydrogen-bond donors (Lipinski definition) is 2. The first-order chi connectivity index (χ1) is 13.8. The third-order valence-electron chi connectivity index (χ3n) is 5.28. The van der Waals surface area contributed by atoms with E-state index in [-0.39, 0.29) is 6.10 Å². The number of rotatable bonds is 4. The Bertz CT molecular complexity index is 1080. The van der Waals surface area contributed by atoms with Crippen molar-refractivity contribution in [3.63, 3.8) is 0 Å². The fourth-order valence-electron chi connectivity index (χ4n) is 3.73. The van der Waals surface area contributed by atoms with E-state index in [0.717, 1.165) is 59.6 Å². The van der Waals surface area contributed by atoms with Gasteiger partial charge in [0.1, 0.15) is 17.7 Å². The number of furan rings is 1. The molecule has 1 fully saturated rings. The lowest BCUT2D eigenvalue weighted by atomic mass is 9.93. The lowest BCUT2D eigenvalue weighted by Gasteiger charge is -2.26. The second-order valence-corrected chi connectivity index (χ2v) is 7.21. The summed E-state index contributed by atoms with van der Waals surface area (Å²) in [6.45, 7) is 0. The van der Waals surface area contributed by atoms with Crippen molar-refractivity contribution >= 4 is 17.0 Å². The normalized spacial score (nSPS) is 19.8. The molecule has 4 aromatic rings. The first-order valence-corrected chi connectivity index (χ1v) is 9.54. The van der Waals surface area contributed by atoms with Gasteiger partial charge in [0, 0.05) is 17.8 Å². The van der Waals surface area contributed by atoms with E-state index in [2.05, 4.69) is 15.3 Å². The zero-order valence-electron chi connectivity index (χ0n) is 15.3. The molecule has 4 aromatic heterocycles. The molecule has 7 nitrogen and oxygen atoms in total. The van der Waals surface area contributed by atoms with Crippen molar-refractivity contribution < 1.29 is 9.52 Å². The van der Waals surface area contributed by atoms with Crippen LogP contribution < -0.4 is 5.32 Å². The van der Waals surface area contributed by atoms with Gasteiger partial charge in [0.2, 0.25) is 0 Å². The molecule has 4 heterocycles. The summed E-state index contributed by atoms with van der Waals surface area (Å²) in [5.74, 6) is 0.833. The van der Waals surface area contributed by atoms with Crippen LogP contribution in [0.4, 0.5) is 5.82 Å². The monoisotopic (exact) mass is 375 g/mol. The molecule has 0 radical (unpaired) electrons. The molecular weight excluding hydrogens is 354 g/mol. The van der Waals surface area contributed by atoms with Gasteiger partial charge < -0.3 is 14.8 Å².